The van der Waals surface area contributed by atoms with Gasteiger partial charge >= 0.3 is 0 Å². The third-order valence-electron chi connectivity index (χ3n) is 3.27. The second-order valence-electron chi connectivity index (χ2n) is 4.42. The van der Waals surface area contributed by atoms with Gasteiger partial charge in [0.1, 0.15) is 11.9 Å². The van der Waals surface area contributed by atoms with Crippen LogP contribution in [0.5, 0.6) is 0 Å². The molecule has 0 saturated carbocycles. The van der Waals surface area contributed by atoms with E-state index in [2.05, 4.69) is 0 Å². The molecule has 3 heteroatoms. The first kappa shape index (κ1) is 12.3. The molecule has 2 aliphatic carbocycles. The van der Waals surface area contributed by atoms with Gasteiger partial charge in [0.15, 0.2) is 5.82 Å². The van der Waals surface area contributed by atoms with Gasteiger partial charge in [0.05, 0.1) is 11.1 Å². The molecule has 0 spiro atoms. The summed E-state index contributed by atoms with van der Waals surface area (Å²) in [7, 11) is 0. The maximum Gasteiger partial charge on any atom is 0.151 e. The lowest BCUT2D eigenvalue weighted by molar-refractivity contribution is 0.587. The highest BCUT2D eigenvalue weighted by atomic mass is 19.1. The molecule has 0 saturated heterocycles. The van der Waals surface area contributed by atoms with E-state index in [0.29, 0.717) is 5.56 Å². The molecule has 1 nitrogen and oxygen atoms in total. The summed E-state index contributed by atoms with van der Waals surface area (Å²) in [4.78, 5) is 0. The minimum absolute atomic E-state index is 0.148. The van der Waals surface area contributed by atoms with Gasteiger partial charge in [-0.15, -0.1) is 0 Å². The van der Waals surface area contributed by atoms with Crippen molar-refractivity contribution in [2.45, 2.75) is 0 Å². The summed E-state index contributed by atoms with van der Waals surface area (Å²) in [5.41, 5.74) is 1.80. The smallest absolute Gasteiger partial charge is 0.151 e. The van der Waals surface area contributed by atoms with Crippen LogP contribution in [0.25, 0.3) is 22.3 Å². The van der Waals surface area contributed by atoms with Crippen LogP contribution in [0.4, 0.5) is 8.78 Å². The van der Waals surface area contributed by atoms with Crippen LogP contribution in [0.15, 0.2) is 54.6 Å². The van der Waals surface area contributed by atoms with Crippen molar-refractivity contribution in [3.8, 4) is 28.3 Å². The number of fused-ring (bicyclic) bond motifs is 1. The molecule has 1 aromatic carbocycles. The Morgan fingerprint density at radius 3 is 2.40 bits per heavy atom. The number of hydrogen-bond donors (Lipinski definition) is 0. The predicted molar refractivity (Wildman–Crippen MR) is 73.1 cm³/mol. The monoisotopic (exact) mass is 265 g/mol. The van der Waals surface area contributed by atoms with Crippen LogP contribution in [0, 0.1) is 23.0 Å². The SMILES string of the molecule is N#Cc1ccc(F)c(-c2ccc3cccccc2-3)c1F. The molecule has 0 radical (unpaired) electrons. The molecule has 0 heterocycles. The number of benzene rings is 1. The third-order valence-corrected chi connectivity index (χ3v) is 3.27. The number of hydrogen-bond acceptors (Lipinski definition) is 1. The van der Waals surface area contributed by atoms with Gasteiger partial charge in [0, 0.05) is 0 Å². The van der Waals surface area contributed by atoms with Gasteiger partial charge < -0.3 is 0 Å². The molecule has 0 atom stereocenters. The summed E-state index contributed by atoms with van der Waals surface area (Å²) in [5.74, 6) is -1.48. The van der Waals surface area contributed by atoms with E-state index in [1.807, 2.05) is 36.4 Å². The Bertz CT molecular complexity index is 803. The van der Waals surface area contributed by atoms with E-state index >= 15 is 0 Å². The fourth-order valence-electron chi connectivity index (χ4n) is 2.32. The first-order valence-corrected chi connectivity index (χ1v) is 6.08. The lowest BCUT2D eigenvalue weighted by atomic mass is 9.99. The Hall–Kier alpha value is -2.73. The van der Waals surface area contributed by atoms with Crippen molar-refractivity contribution in [1.82, 2.24) is 0 Å². The summed E-state index contributed by atoms with van der Waals surface area (Å²) < 4.78 is 28.3. The zero-order valence-corrected chi connectivity index (χ0v) is 10.4. The fraction of sp³-hybridized carbons (Fsp3) is 0. The molecule has 0 aliphatic heterocycles. The minimum atomic E-state index is -0.813. The van der Waals surface area contributed by atoms with Crippen molar-refractivity contribution in [2.75, 3.05) is 0 Å². The molecule has 96 valence electrons. The van der Waals surface area contributed by atoms with Gasteiger partial charge in [-0.25, -0.2) is 8.78 Å². The fourth-order valence-corrected chi connectivity index (χ4v) is 2.32. The van der Waals surface area contributed by atoms with E-state index in [0.717, 1.165) is 23.3 Å². The van der Waals surface area contributed by atoms with Crippen LogP contribution < -0.4 is 0 Å². The maximum atomic E-state index is 14.3. The van der Waals surface area contributed by atoms with Crippen LogP contribution in [0.2, 0.25) is 0 Å². The first-order chi connectivity index (χ1) is 9.72. The van der Waals surface area contributed by atoms with Crippen molar-refractivity contribution in [3.63, 3.8) is 0 Å². The predicted octanol–water partition coefficient (Wildman–Crippen LogP) is 4.61. The Kier molecular flexibility index (Phi) is 2.92. The lowest BCUT2D eigenvalue weighted by Crippen LogP contribution is -1.93. The molecule has 2 aliphatic rings. The molecule has 0 aromatic heterocycles. The highest BCUT2D eigenvalue weighted by Crippen LogP contribution is 2.38. The van der Waals surface area contributed by atoms with Gasteiger partial charge in [-0.2, -0.15) is 5.26 Å². The highest BCUT2D eigenvalue weighted by molar-refractivity contribution is 5.87. The quantitative estimate of drug-likeness (QED) is 0.630. The molecule has 20 heavy (non-hydrogen) atoms. The first-order valence-electron chi connectivity index (χ1n) is 6.08. The Balaban J connectivity index is 2.32. The van der Waals surface area contributed by atoms with Crippen molar-refractivity contribution in [1.29, 1.82) is 5.26 Å². The van der Waals surface area contributed by atoms with E-state index in [1.165, 1.54) is 0 Å². The normalized spacial score (nSPS) is 10.4. The summed E-state index contributed by atoms with van der Waals surface area (Å²) in [6.07, 6.45) is 0. The van der Waals surface area contributed by atoms with E-state index < -0.39 is 11.6 Å². The molecule has 0 fully saturated rings. The van der Waals surface area contributed by atoms with E-state index in [-0.39, 0.29) is 11.1 Å². The van der Waals surface area contributed by atoms with Crippen LogP contribution in [0.1, 0.15) is 5.56 Å². The van der Waals surface area contributed by atoms with Crippen molar-refractivity contribution in [2.24, 2.45) is 0 Å². The second kappa shape index (κ2) is 4.75. The number of nitriles is 1. The third kappa shape index (κ3) is 1.83. The largest absolute Gasteiger partial charge is 0.206 e. The van der Waals surface area contributed by atoms with Crippen LogP contribution in [-0.2, 0) is 0 Å². The van der Waals surface area contributed by atoms with E-state index in [9.17, 15) is 8.78 Å². The molecule has 1 aromatic rings. The molecule has 0 unspecified atom stereocenters. The Morgan fingerprint density at radius 1 is 0.800 bits per heavy atom. The van der Waals surface area contributed by atoms with E-state index in [1.54, 1.807) is 12.1 Å². The summed E-state index contributed by atoms with van der Waals surface area (Å²) >= 11 is 0. The van der Waals surface area contributed by atoms with E-state index in [4.69, 9.17) is 5.26 Å². The van der Waals surface area contributed by atoms with Gasteiger partial charge in [-0.1, -0.05) is 42.5 Å². The second-order valence-corrected chi connectivity index (χ2v) is 4.42. The van der Waals surface area contributed by atoms with Crippen molar-refractivity contribution >= 4 is 0 Å². The van der Waals surface area contributed by atoms with Gasteiger partial charge in [-0.05, 0) is 28.8 Å². The van der Waals surface area contributed by atoms with Gasteiger partial charge in [0.2, 0.25) is 0 Å². The Morgan fingerprint density at radius 2 is 1.60 bits per heavy atom. The molecular formula is C17H9F2N. The van der Waals surface area contributed by atoms with Crippen molar-refractivity contribution < 1.29 is 8.78 Å². The Labute approximate surface area is 115 Å². The highest BCUT2D eigenvalue weighted by Gasteiger charge is 2.19. The lowest BCUT2D eigenvalue weighted by Gasteiger charge is -2.07. The van der Waals surface area contributed by atoms with Crippen molar-refractivity contribution in [3.05, 3.63) is 71.8 Å². The summed E-state index contributed by atoms with van der Waals surface area (Å²) in [5, 5.41) is 8.87. The minimum Gasteiger partial charge on any atom is -0.206 e. The summed E-state index contributed by atoms with van der Waals surface area (Å²) in [6, 6.07) is 16.7. The number of halogens is 2. The van der Waals surface area contributed by atoms with Gasteiger partial charge in [-0.3, -0.25) is 0 Å². The topological polar surface area (TPSA) is 23.8 Å². The standard InChI is InChI=1S/C17H9F2N/c18-15-9-7-12(10-20)17(19)16(15)14-8-6-11-4-2-1-3-5-13(11)14/h1-9H. The molecule has 0 bridgehead atoms. The molecule has 0 N–H and O–H groups in total. The maximum absolute atomic E-state index is 14.3. The number of rotatable bonds is 1. The van der Waals surface area contributed by atoms with Gasteiger partial charge in [0.25, 0.3) is 0 Å². The van der Waals surface area contributed by atoms with Crippen LogP contribution in [0.3, 0.4) is 0 Å². The summed E-state index contributed by atoms with van der Waals surface area (Å²) in [6.45, 7) is 0. The average molecular weight is 265 g/mol. The molecule has 0 amide bonds. The van der Waals surface area contributed by atoms with Crippen LogP contribution >= 0.6 is 0 Å². The average Bonchev–Trinajstić information content (AvgIpc) is 2.69. The number of nitrogens with zero attached hydrogens (tertiary/aromatic N) is 1. The zero-order valence-electron chi connectivity index (χ0n) is 10.4. The molecular weight excluding hydrogens is 256 g/mol. The zero-order chi connectivity index (χ0) is 14.1. The molecule has 3 rings (SSSR count). The van der Waals surface area contributed by atoms with Crippen LogP contribution in [-0.4, -0.2) is 0 Å².